The fourth-order valence-corrected chi connectivity index (χ4v) is 3.17. The van der Waals surface area contributed by atoms with Gasteiger partial charge in [0.25, 0.3) is 0 Å². The monoisotopic (exact) mass is 396 g/mol. The van der Waals surface area contributed by atoms with Crippen LogP contribution in [-0.2, 0) is 4.79 Å². The fraction of sp³-hybridized carbons (Fsp3) is 0.286. The van der Waals surface area contributed by atoms with E-state index in [1.165, 1.54) is 0 Å². The molecule has 2 aromatic carbocycles. The Bertz CT molecular complexity index is 915. The largest absolute Gasteiger partial charge is 0.497 e. The number of carbonyl (C=O) groups is 1. The Morgan fingerprint density at radius 3 is 2.57 bits per heavy atom. The zero-order valence-electron chi connectivity index (χ0n) is 16.4. The fourth-order valence-electron chi connectivity index (χ4n) is 2.38. The highest BCUT2D eigenvalue weighted by Gasteiger charge is 2.21. The molecule has 7 heteroatoms. The van der Waals surface area contributed by atoms with Gasteiger partial charge in [0.05, 0.1) is 18.5 Å². The highest BCUT2D eigenvalue weighted by molar-refractivity contribution is 8.14. The summed E-state index contributed by atoms with van der Waals surface area (Å²) in [6.07, 6.45) is 0. The van der Waals surface area contributed by atoms with Crippen LogP contribution in [-0.4, -0.2) is 29.6 Å². The molecular weight excluding hydrogens is 372 g/mol. The van der Waals surface area contributed by atoms with E-state index in [1.54, 1.807) is 18.9 Å². The number of hydrogen-bond acceptors (Lipinski definition) is 5. The molecule has 0 saturated heterocycles. The van der Waals surface area contributed by atoms with E-state index in [0.717, 1.165) is 33.6 Å². The Morgan fingerprint density at radius 2 is 1.96 bits per heavy atom. The molecule has 146 valence electrons. The number of anilines is 1. The molecule has 6 nitrogen and oxygen atoms in total. The molecule has 28 heavy (non-hydrogen) atoms. The van der Waals surface area contributed by atoms with Crippen LogP contribution in [0.25, 0.3) is 0 Å². The molecule has 0 radical (unpaired) electrons. The van der Waals surface area contributed by atoms with E-state index in [9.17, 15) is 4.79 Å². The second-order valence-electron chi connectivity index (χ2n) is 7.36. The summed E-state index contributed by atoms with van der Waals surface area (Å²) >= 11 is 1.59. The third-order valence-corrected chi connectivity index (χ3v) is 4.95. The molecule has 0 fully saturated rings. The van der Waals surface area contributed by atoms with Gasteiger partial charge in [-0.2, -0.15) is 5.10 Å². The van der Waals surface area contributed by atoms with Gasteiger partial charge >= 0.3 is 0 Å². The number of nitrogens with zero attached hydrogens (tertiary/aromatic N) is 2. The number of ether oxygens (including phenoxy) is 1. The molecule has 0 spiro atoms. The molecule has 2 aromatic rings. The average Bonchev–Trinajstić information content (AvgIpc) is 2.69. The minimum Gasteiger partial charge on any atom is -0.497 e. The summed E-state index contributed by atoms with van der Waals surface area (Å²) in [5, 5.41) is 8.11. The molecule has 1 aliphatic heterocycles. The molecule has 3 rings (SSSR count). The van der Waals surface area contributed by atoms with Crippen molar-refractivity contribution < 1.29 is 9.53 Å². The summed E-state index contributed by atoms with van der Waals surface area (Å²) in [6.45, 7) is 5.67. The van der Waals surface area contributed by atoms with Crippen LogP contribution in [0.5, 0.6) is 5.75 Å². The van der Waals surface area contributed by atoms with Crippen LogP contribution in [0.4, 0.5) is 11.4 Å². The van der Waals surface area contributed by atoms with Gasteiger partial charge in [0, 0.05) is 22.9 Å². The highest BCUT2D eigenvalue weighted by Crippen LogP contribution is 2.23. The third-order valence-electron chi connectivity index (χ3n) is 4.07. The van der Waals surface area contributed by atoms with Crippen molar-refractivity contribution in [3.8, 4) is 5.75 Å². The van der Waals surface area contributed by atoms with E-state index in [4.69, 9.17) is 4.74 Å². The first kappa shape index (κ1) is 19.9. The van der Waals surface area contributed by atoms with E-state index >= 15 is 0 Å². The molecule has 1 amide bonds. The first-order chi connectivity index (χ1) is 13.3. The first-order valence-corrected chi connectivity index (χ1v) is 9.94. The SMILES string of the molecule is COc1cccc(N=C2NN=C(c3ccc(NC(=O)C(C)(C)C)cc3)CS2)c1. The third kappa shape index (κ3) is 5.13. The molecular formula is C21H24N4O2S. The zero-order valence-corrected chi connectivity index (χ0v) is 17.3. The van der Waals surface area contributed by atoms with Crippen molar-refractivity contribution in [3.63, 3.8) is 0 Å². The molecule has 1 heterocycles. The second kappa shape index (κ2) is 8.48. The Kier molecular flexibility index (Phi) is 6.04. The molecule has 1 aliphatic rings. The minimum atomic E-state index is -0.425. The van der Waals surface area contributed by atoms with Crippen molar-refractivity contribution in [1.29, 1.82) is 0 Å². The Hall–Kier alpha value is -2.80. The summed E-state index contributed by atoms with van der Waals surface area (Å²) in [6, 6.07) is 15.3. The first-order valence-electron chi connectivity index (χ1n) is 8.95. The lowest BCUT2D eigenvalue weighted by atomic mass is 9.95. The standard InChI is InChI=1S/C21H24N4O2S/c1-21(2,3)19(26)22-15-10-8-14(9-11-15)18-13-28-20(25-24-18)23-16-6-5-7-17(12-16)27-4/h5-12H,13H2,1-4H3,(H,22,26)(H,23,25). The Morgan fingerprint density at radius 1 is 1.21 bits per heavy atom. The topological polar surface area (TPSA) is 75.1 Å². The van der Waals surface area contributed by atoms with Crippen molar-refractivity contribution in [2.24, 2.45) is 15.5 Å². The molecule has 0 bridgehead atoms. The second-order valence-corrected chi connectivity index (χ2v) is 8.32. The molecule has 0 atom stereocenters. The van der Waals surface area contributed by atoms with Gasteiger partial charge in [0.2, 0.25) is 5.91 Å². The van der Waals surface area contributed by atoms with Gasteiger partial charge in [-0.25, -0.2) is 4.99 Å². The molecule has 0 aliphatic carbocycles. The number of methoxy groups -OCH3 is 1. The smallest absolute Gasteiger partial charge is 0.229 e. The molecule has 0 saturated carbocycles. The summed E-state index contributed by atoms with van der Waals surface area (Å²) in [5.41, 5.74) is 6.12. The molecule has 2 N–H and O–H groups in total. The number of rotatable bonds is 4. The Labute approximate surface area is 169 Å². The predicted octanol–water partition coefficient (Wildman–Crippen LogP) is 4.41. The lowest BCUT2D eigenvalue weighted by molar-refractivity contribution is -0.123. The van der Waals surface area contributed by atoms with Crippen LogP contribution in [0.2, 0.25) is 0 Å². The van der Waals surface area contributed by atoms with Crippen LogP contribution in [0, 0.1) is 5.41 Å². The summed E-state index contributed by atoms with van der Waals surface area (Å²) in [5.74, 6) is 1.47. The summed E-state index contributed by atoms with van der Waals surface area (Å²) in [4.78, 5) is 16.6. The van der Waals surface area contributed by atoms with Crippen LogP contribution in [0.3, 0.4) is 0 Å². The van der Waals surface area contributed by atoms with Crippen molar-refractivity contribution in [2.75, 3.05) is 18.2 Å². The van der Waals surface area contributed by atoms with Gasteiger partial charge in [-0.1, -0.05) is 50.7 Å². The van der Waals surface area contributed by atoms with Crippen molar-refractivity contribution in [3.05, 3.63) is 54.1 Å². The molecule has 0 aromatic heterocycles. The number of hydrazone groups is 1. The number of thioether (sulfide) groups is 1. The maximum absolute atomic E-state index is 12.1. The Balaban J connectivity index is 1.66. The van der Waals surface area contributed by atoms with Crippen LogP contribution < -0.4 is 15.5 Å². The van der Waals surface area contributed by atoms with E-state index in [0.29, 0.717) is 5.75 Å². The van der Waals surface area contributed by atoms with Gasteiger partial charge in [0.15, 0.2) is 5.17 Å². The maximum Gasteiger partial charge on any atom is 0.229 e. The van der Waals surface area contributed by atoms with Crippen molar-refractivity contribution >= 4 is 39.9 Å². The van der Waals surface area contributed by atoms with Gasteiger partial charge in [-0.3, -0.25) is 10.2 Å². The zero-order chi connectivity index (χ0) is 20.1. The maximum atomic E-state index is 12.1. The minimum absolute atomic E-state index is 0.00845. The number of aliphatic imine (C=N–C) groups is 1. The number of amides is 1. The number of carbonyl (C=O) groups excluding carboxylic acids is 1. The summed E-state index contributed by atoms with van der Waals surface area (Å²) < 4.78 is 5.22. The van der Waals surface area contributed by atoms with E-state index in [1.807, 2.05) is 69.3 Å². The molecule has 0 unspecified atom stereocenters. The number of amidine groups is 1. The average molecular weight is 397 g/mol. The van der Waals surface area contributed by atoms with Crippen molar-refractivity contribution in [1.82, 2.24) is 5.43 Å². The normalized spacial score (nSPS) is 15.6. The number of nitrogens with one attached hydrogen (secondary N) is 2. The lowest BCUT2D eigenvalue weighted by Crippen LogP contribution is -2.27. The van der Waals surface area contributed by atoms with Crippen LogP contribution >= 0.6 is 11.8 Å². The van der Waals surface area contributed by atoms with Gasteiger partial charge in [-0.05, 0) is 29.8 Å². The lowest BCUT2D eigenvalue weighted by Gasteiger charge is -2.18. The van der Waals surface area contributed by atoms with E-state index in [2.05, 4.69) is 20.8 Å². The quantitative estimate of drug-likeness (QED) is 0.803. The highest BCUT2D eigenvalue weighted by atomic mass is 32.2. The van der Waals surface area contributed by atoms with Crippen LogP contribution in [0.15, 0.2) is 58.6 Å². The number of hydrogen-bond donors (Lipinski definition) is 2. The summed E-state index contributed by atoms with van der Waals surface area (Å²) in [7, 11) is 1.64. The van der Waals surface area contributed by atoms with Gasteiger partial charge < -0.3 is 10.1 Å². The van der Waals surface area contributed by atoms with Crippen molar-refractivity contribution in [2.45, 2.75) is 20.8 Å². The number of benzene rings is 2. The van der Waals surface area contributed by atoms with Gasteiger partial charge in [-0.15, -0.1) is 0 Å². The van der Waals surface area contributed by atoms with E-state index in [-0.39, 0.29) is 5.91 Å². The predicted molar refractivity (Wildman–Crippen MR) is 117 cm³/mol. The van der Waals surface area contributed by atoms with Crippen LogP contribution in [0.1, 0.15) is 26.3 Å². The van der Waals surface area contributed by atoms with Gasteiger partial charge in [0.1, 0.15) is 5.75 Å². The van der Waals surface area contributed by atoms with E-state index < -0.39 is 5.41 Å².